The number of pyridine rings is 1. The van der Waals surface area contributed by atoms with Crippen molar-refractivity contribution >= 4 is 22.1 Å². The van der Waals surface area contributed by atoms with E-state index in [1.165, 1.54) is 32.1 Å². The number of rotatable bonds is 5. The third-order valence-electron chi connectivity index (χ3n) is 4.81. The molecule has 0 bridgehead atoms. The molecule has 1 fully saturated rings. The highest BCUT2D eigenvalue weighted by molar-refractivity contribution is 5.99. The van der Waals surface area contributed by atoms with Crippen LogP contribution in [0.25, 0.3) is 10.8 Å². The Kier molecular flexibility index (Phi) is 4.71. The summed E-state index contributed by atoms with van der Waals surface area (Å²) in [4.78, 5) is 14.9. The van der Waals surface area contributed by atoms with Crippen LogP contribution in [0.1, 0.15) is 32.1 Å². The van der Waals surface area contributed by atoms with E-state index in [2.05, 4.69) is 10.3 Å². The smallest absolute Gasteiger partial charge is 0.278 e. The molecule has 122 valence electrons. The predicted octanol–water partition coefficient (Wildman–Crippen LogP) is 3.46. The van der Waals surface area contributed by atoms with Gasteiger partial charge in [-0.3, -0.25) is 15.1 Å². The number of non-ortho nitro benzene ring substituents is 1. The van der Waals surface area contributed by atoms with E-state index in [0.29, 0.717) is 17.8 Å². The molecule has 6 heteroatoms. The van der Waals surface area contributed by atoms with Crippen molar-refractivity contribution in [3.05, 3.63) is 40.7 Å². The number of hydrogen-bond donors (Lipinski definition) is 2. The van der Waals surface area contributed by atoms with Crippen molar-refractivity contribution in [3.8, 4) is 0 Å². The minimum atomic E-state index is -0.366. The van der Waals surface area contributed by atoms with Gasteiger partial charge in [-0.25, -0.2) is 0 Å². The van der Waals surface area contributed by atoms with Crippen molar-refractivity contribution in [2.75, 3.05) is 11.9 Å². The van der Waals surface area contributed by atoms with Crippen LogP contribution < -0.4 is 11.1 Å². The first kappa shape index (κ1) is 15.7. The lowest BCUT2D eigenvalue weighted by atomic mass is 9.83. The first-order chi connectivity index (χ1) is 11.2. The molecule has 0 saturated heterocycles. The molecule has 1 saturated carbocycles. The summed E-state index contributed by atoms with van der Waals surface area (Å²) in [6.45, 7) is 0.564. The molecule has 1 atom stereocenters. The lowest BCUT2D eigenvalue weighted by molar-refractivity contribution is -0.383. The number of fused-ring (bicyclic) bond motifs is 1. The number of anilines is 1. The van der Waals surface area contributed by atoms with Crippen LogP contribution in [-0.4, -0.2) is 22.5 Å². The molecule has 0 amide bonds. The van der Waals surface area contributed by atoms with Gasteiger partial charge in [0.25, 0.3) is 5.69 Å². The second-order valence-corrected chi connectivity index (χ2v) is 6.20. The van der Waals surface area contributed by atoms with E-state index in [9.17, 15) is 10.1 Å². The van der Waals surface area contributed by atoms with E-state index in [-0.39, 0.29) is 16.7 Å². The number of nitrogens with one attached hydrogen (secondary N) is 1. The molecule has 1 aromatic heterocycles. The highest BCUT2D eigenvalue weighted by Gasteiger charge is 2.23. The SMILES string of the molecule is NCC(Nc1ccc([N+](=O)[O-])c2cnccc12)C1CCCCC1. The minimum absolute atomic E-state index is 0.0839. The predicted molar refractivity (Wildman–Crippen MR) is 91.4 cm³/mol. The molecule has 1 aliphatic rings. The molecule has 23 heavy (non-hydrogen) atoms. The van der Waals surface area contributed by atoms with E-state index < -0.39 is 0 Å². The van der Waals surface area contributed by atoms with Gasteiger partial charge in [0.2, 0.25) is 0 Å². The Balaban J connectivity index is 1.93. The fourth-order valence-corrected chi connectivity index (χ4v) is 3.57. The largest absolute Gasteiger partial charge is 0.380 e. The number of benzene rings is 1. The topological polar surface area (TPSA) is 94.1 Å². The summed E-state index contributed by atoms with van der Waals surface area (Å²) in [5, 5.41) is 16.1. The van der Waals surface area contributed by atoms with Crippen LogP contribution in [-0.2, 0) is 0 Å². The molecule has 1 unspecified atom stereocenters. The maximum atomic E-state index is 11.2. The average molecular weight is 314 g/mol. The Morgan fingerprint density at radius 3 is 2.74 bits per heavy atom. The summed E-state index contributed by atoms with van der Waals surface area (Å²) >= 11 is 0. The number of aromatic nitrogens is 1. The Morgan fingerprint density at radius 2 is 2.04 bits per heavy atom. The van der Waals surface area contributed by atoms with Crippen molar-refractivity contribution in [1.82, 2.24) is 4.98 Å². The van der Waals surface area contributed by atoms with Crippen molar-refractivity contribution in [3.63, 3.8) is 0 Å². The Morgan fingerprint density at radius 1 is 1.26 bits per heavy atom. The molecule has 1 heterocycles. The monoisotopic (exact) mass is 314 g/mol. The Hall–Kier alpha value is -2.21. The van der Waals surface area contributed by atoms with Crippen LogP contribution in [0, 0.1) is 16.0 Å². The first-order valence-electron chi connectivity index (χ1n) is 8.18. The lowest BCUT2D eigenvalue weighted by Crippen LogP contribution is -2.37. The Labute approximate surface area is 135 Å². The molecule has 0 aliphatic heterocycles. The van der Waals surface area contributed by atoms with E-state index in [4.69, 9.17) is 5.73 Å². The van der Waals surface area contributed by atoms with Gasteiger partial charge in [-0.05, 0) is 30.9 Å². The molecule has 0 radical (unpaired) electrons. The van der Waals surface area contributed by atoms with E-state index in [0.717, 1.165) is 11.1 Å². The van der Waals surface area contributed by atoms with Gasteiger partial charge in [0.15, 0.2) is 0 Å². The van der Waals surface area contributed by atoms with Gasteiger partial charge in [0, 0.05) is 42.1 Å². The minimum Gasteiger partial charge on any atom is -0.380 e. The van der Waals surface area contributed by atoms with E-state index in [1.807, 2.05) is 6.07 Å². The Bertz CT molecular complexity index is 698. The quantitative estimate of drug-likeness (QED) is 0.651. The van der Waals surface area contributed by atoms with Crippen molar-refractivity contribution in [1.29, 1.82) is 0 Å². The van der Waals surface area contributed by atoms with Crippen molar-refractivity contribution < 1.29 is 4.92 Å². The molecule has 2 aromatic rings. The van der Waals surface area contributed by atoms with Crippen LogP contribution in [0.5, 0.6) is 0 Å². The maximum Gasteiger partial charge on any atom is 0.278 e. The van der Waals surface area contributed by atoms with Gasteiger partial charge in [-0.2, -0.15) is 0 Å². The molecule has 3 rings (SSSR count). The number of nitrogens with two attached hydrogens (primary N) is 1. The molecule has 6 nitrogen and oxygen atoms in total. The van der Waals surface area contributed by atoms with Gasteiger partial charge in [0.1, 0.15) is 0 Å². The van der Waals surface area contributed by atoms with Gasteiger partial charge in [-0.15, -0.1) is 0 Å². The van der Waals surface area contributed by atoms with Crippen molar-refractivity contribution in [2.45, 2.75) is 38.1 Å². The molecule has 3 N–H and O–H groups in total. The normalized spacial score (nSPS) is 17.1. The zero-order chi connectivity index (χ0) is 16.2. The second kappa shape index (κ2) is 6.91. The van der Waals surface area contributed by atoms with Crippen LogP contribution in [0.15, 0.2) is 30.6 Å². The summed E-state index contributed by atoms with van der Waals surface area (Å²) in [5.41, 5.74) is 6.97. The third-order valence-corrected chi connectivity index (χ3v) is 4.81. The average Bonchev–Trinajstić information content (AvgIpc) is 2.60. The van der Waals surface area contributed by atoms with Crippen LogP contribution in [0.4, 0.5) is 11.4 Å². The molecule has 1 aromatic carbocycles. The standard InChI is InChI=1S/C17H22N4O2/c18-10-16(12-4-2-1-3-5-12)20-15-6-7-17(21(22)23)14-11-19-9-8-13(14)15/h6-9,11-12,16,20H,1-5,10,18H2. The summed E-state index contributed by atoms with van der Waals surface area (Å²) in [6.07, 6.45) is 9.43. The zero-order valence-electron chi connectivity index (χ0n) is 13.1. The summed E-state index contributed by atoms with van der Waals surface area (Å²) in [6, 6.07) is 5.35. The number of nitro groups is 1. The van der Waals surface area contributed by atoms with Gasteiger partial charge < -0.3 is 11.1 Å². The molecular weight excluding hydrogens is 292 g/mol. The van der Waals surface area contributed by atoms with Gasteiger partial charge in [0.05, 0.1) is 10.3 Å². The fraction of sp³-hybridized carbons (Fsp3) is 0.471. The summed E-state index contributed by atoms with van der Waals surface area (Å²) in [7, 11) is 0. The third kappa shape index (κ3) is 3.27. The summed E-state index contributed by atoms with van der Waals surface area (Å²) in [5.74, 6) is 0.570. The number of hydrogen-bond acceptors (Lipinski definition) is 5. The zero-order valence-corrected chi connectivity index (χ0v) is 13.1. The van der Waals surface area contributed by atoms with Crippen LogP contribution in [0.2, 0.25) is 0 Å². The van der Waals surface area contributed by atoms with E-state index >= 15 is 0 Å². The molecular formula is C17H22N4O2. The van der Waals surface area contributed by atoms with E-state index in [1.54, 1.807) is 24.5 Å². The molecule has 1 aliphatic carbocycles. The van der Waals surface area contributed by atoms with Crippen LogP contribution >= 0.6 is 0 Å². The fourth-order valence-electron chi connectivity index (χ4n) is 3.57. The first-order valence-corrected chi connectivity index (χ1v) is 8.18. The molecule has 0 spiro atoms. The number of nitrogens with zero attached hydrogens (tertiary/aromatic N) is 2. The second-order valence-electron chi connectivity index (χ2n) is 6.20. The highest BCUT2D eigenvalue weighted by atomic mass is 16.6. The van der Waals surface area contributed by atoms with Gasteiger partial charge >= 0.3 is 0 Å². The maximum absolute atomic E-state index is 11.2. The van der Waals surface area contributed by atoms with Crippen molar-refractivity contribution in [2.24, 2.45) is 11.7 Å². The number of nitro benzene ring substituents is 1. The lowest BCUT2D eigenvalue weighted by Gasteiger charge is -2.31. The van der Waals surface area contributed by atoms with Gasteiger partial charge in [-0.1, -0.05) is 19.3 Å². The summed E-state index contributed by atoms with van der Waals surface area (Å²) < 4.78 is 0. The van der Waals surface area contributed by atoms with Crippen LogP contribution in [0.3, 0.4) is 0 Å². The highest BCUT2D eigenvalue weighted by Crippen LogP contribution is 2.33.